The summed E-state index contributed by atoms with van der Waals surface area (Å²) in [6, 6.07) is 1.83. The molecule has 2 aromatic heterocycles. The third-order valence-electron chi connectivity index (χ3n) is 3.25. The molecule has 0 bridgehead atoms. The van der Waals surface area contributed by atoms with Gasteiger partial charge in [0, 0.05) is 32.5 Å². The van der Waals surface area contributed by atoms with Crippen molar-refractivity contribution in [1.82, 2.24) is 24.7 Å². The Morgan fingerprint density at radius 3 is 2.48 bits per heavy atom. The molecular formula is C13H19N7O. The lowest BCUT2D eigenvalue weighted by Crippen LogP contribution is -2.46. The quantitative estimate of drug-likeness (QED) is 0.891. The van der Waals surface area contributed by atoms with Crippen LogP contribution in [0.25, 0.3) is 5.95 Å². The third-order valence-corrected chi connectivity index (χ3v) is 3.25. The molecule has 3 heterocycles. The van der Waals surface area contributed by atoms with Gasteiger partial charge in [-0.05, 0) is 19.9 Å². The molecule has 2 atom stereocenters. The van der Waals surface area contributed by atoms with Gasteiger partial charge < -0.3 is 15.0 Å². The minimum atomic E-state index is 0.150. The second-order valence-corrected chi connectivity index (χ2v) is 5.12. The molecule has 0 amide bonds. The molecular weight excluding hydrogens is 270 g/mol. The summed E-state index contributed by atoms with van der Waals surface area (Å²) in [7, 11) is 1.79. The van der Waals surface area contributed by atoms with Gasteiger partial charge in [-0.25, -0.2) is 4.68 Å². The van der Waals surface area contributed by atoms with E-state index in [0.29, 0.717) is 17.8 Å². The highest BCUT2D eigenvalue weighted by Gasteiger charge is 2.25. The van der Waals surface area contributed by atoms with Gasteiger partial charge in [0.1, 0.15) is 0 Å². The van der Waals surface area contributed by atoms with Crippen molar-refractivity contribution in [1.29, 1.82) is 0 Å². The van der Waals surface area contributed by atoms with Crippen molar-refractivity contribution in [2.24, 2.45) is 0 Å². The number of ether oxygens (including phenoxy) is 1. The lowest BCUT2D eigenvalue weighted by Gasteiger charge is -2.35. The molecule has 3 rings (SSSR count). The normalized spacial score (nSPS) is 22.3. The second kappa shape index (κ2) is 5.65. The van der Waals surface area contributed by atoms with Gasteiger partial charge in [-0.3, -0.25) is 0 Å². The molecule has 1 fully saturated rings. The van der Waals surface area contributed by atoms with Gasteiger partial charge in [0.25, 0.3) is 5.95 Å². The number of anilines is 2. The van der Waals surface area contributed by atoms with Crippen LogP contribution in [0, 0.1) is 0 Å². The van der Waals surface area contributed by atoms with Crippen LogP contribution in [-0.2, 0) is 4.74 Å². The highest BCUT2D eigenvalue weighted by atomic mass is 16.5. The Hall–Kier alpha value is -2.22. The lowest BCUT2D eigenvalue weighted by atomic mass is 10.2. The van der Waals surface area contributed by atoms with E-state index in [1.54, 1.807) is 17.9 Å². The summed E-state index contributed by atoms with van der Waals surface area (Å²) in [6.45, 7) is 5.63. The van der Waals surface area contributed by atoms with E-state index in [1.807, 2.05) is 12.3 Å². The van der Waals surface area contributed by atoms with E-state index in [9.17, 15) is 0 Å². The van der Waals surface area contributed by atoms with Crippen LogP contribution in [0.15, 0.2) is 18.5 Å². The second-order valence-electron chi connectivity index (χ2n) is 5.12. The third kappa shape index (κ3) is 2.94. The molecule has 0 radical (unpaired) electrons. The van der Waals surface area contributed by atoms with E-state index >= 15 is 0 Å². The van der Waals surface area contributed by atoms with Crippen LogP contribution < -0.4 is 10.2 Å². The molecule has 1 saturated heterocycles. The number of rotatable bonds is 3. The SMILES string of the molecule is CNc1nc(N2CC(C)OC(C)C2)nc(-n2cccn2)n1. The Labute approximate surface area is 123 Å². The molecule has 0 spiro atoms. The monoisotopic (exact) mass is 289 g/mol. The highest BCUT2D eigenvalue weighted by molar-refractivity contribution is 5.40. The van der Waals surface area contributed by atoms with Crippen LogP contribution in [0.4, 0.5) is 11.9 Å². The summed E-state index contributed by atoms with van der Waals surface area (Å²) in [4.78, 5) is 15.4. The number of hydrogen-bond donors (Lipinski definition) is 1. The summed E-state index contributed by atoms with van der Waals surface area (Å²) in [5.74, 6) is 1.67. The molecule has 0 aromatic carbocycles. The Kier molecular flexibility index (Phi) is 3.70. The topological polar surface area (TPSA) is 81.0 Å². The van der Waals surface area contributed by atoms with Crippen LogP contribution in [0.1, 0.15) is 13.8 Å². The maximum absolute atomic E-state index is 5.75. The van der Waals surface area contributed by atoms with Gasteiger partial charge in [-0.2, -0.15) is 20.1 Å². The van der Waals surface area contributed by atoms with Crippen LogP contribution in [0.2, 0.25) is 0 Å². The number of hydrogen-bond acceptors (Lipinski definition) is 7. The molecule has 8 nitrogen and oxygen atoms in total. The van der Waals surface area contributed by atoms with Crippen LogP contribution >= 0.6 is 0 Å². The lowest BCUT2D eigenvalue weighted by molar-refractivity contribution is -0.00572. The van der Waals surface area contributed by atoms with E-state index in [0.717, 1.165) is 13.1 Å². The Morgan fingerprint density at radius 2 is 1.86 bits per heavy atom. The largest absolute Gasteiger partial charge is 0.372 e. The highest BCUT2D eigenvalue weighted by Crippen LogP contribution is 2.18. The van der Waals surface area contributed by atoms with Gasteiger partial charge in [0.05, 0.1) is 12.2 Å². The van der Waals surface area contributed by atoms with E-state index in [-0.39, 0.29) is 12.2 Å². The fraction of sp³-hybridized carbons (Fsp3) is 0.538. The number of nitrogens with zero attached hydrogens (tertiary/aromatic N) is 6. The first kappa shape index (κ1) is 13.7. The van der Waals surface area contributed by atoms with E-state index < -0.39 is 0 Å². The zero-order chi connectivity index (χ0) is 14.8. The van der Waals surface area contributed by atoms with E-state index in [2.05, 4.69) is 44.1 Å². The van der Waals surface area contributed by atoms with Crippen molar-refractivity contribution in [3.05, 3.63) is 18.5 Å². The molecule has 1 aliphatic heterocycles. The predicted molar refractivity (Wildman–Crippen MR) is 78.7 cm³/mol. The van der Waals surface area contributed by atoms with E-state index in [4.69, 9.17) is 4.74 Å². The predicted octanol–water partition coefficient (Wildman–Crippen LogP) is 0.713. The molecule has 0 aliphatic carbocycles. The average Bonchev–Trinajstić information content (AvgIpc) is 3.00. The molecule has 8 heteroatoms. The summed E-state index contributed by atoms with van der Waals surface area (Å²) in [5, 5.41) is 7.14. The zero-order valence-corrected chi connectivity index (χ0v) is 12.4. The smallest absolute Gasteiger partial charge is 0.257 e. The minimum Gasteiger partial charge on any atom is -0.372 e. The van der Waals surface area contributed by atoms with Crippen LogP contribution in [0.5, 0.6) is 0 Å². The summed E-state index contributed by atoms with van der Waals surface area (Å²) >= 11 is 0. The molecule has 1 aliphatic rings. The maximum Gasteiger partial charge on any atom is 0.257 e. The van der Waals surface area contributed by atoms with Gasteiger partial charge in [-0.1, -0.05) is 0 Å². The Balaban J connectivity index is 1.96. The summed E-state index contributed by atoms with van der Waals surface area (Å²) in [5.41, 5.74) is 0. The summed E-state index contributed by atoms with van der Waals surface area (Å²) in [6.07, 6.45) is 3.80. The van der Waals surface area contributed by atoms with Crippen LogP contribution in [-0.4, -0.2) is 57.1 Å². The first-order valence-electron chi connectivity index (χ1n) is 7.00. The number of nitrogens with one attached hydrogen (secondary N) is 1. The van der Waals surface area contributed by atoms with Gasteiger partial charge >= 0.3 is 0 Å². The van der Waals surface area contributed by atoms with Crippen molar-refractivity contribution < 1.29 is 4.74 Å². The minimum absolute atomic E-state index is 0.150. The molecule has 1 N–H and O–H groups in total. The van der Waals surface area contributed by atoms with Crippen molar-refractivity contribution in [2.75, 3.05) is 30.4 Å². The fourth-order valence-corrected chi connectivity index (χ4v) is 2.44. The van der Waals surface area contributed by atoms with Gasteiger partial charge in [0.2, 0.25) is 11.9 Å². The average molecular weight is 289 g/mol. The zero-order valence-electron chi connectivity index (χ0n) is 12.4. The van der Waals surface area contributed by atoms with Crippen molar-refractivity contribution >= 4 is 11.9 Å². The molecule has 112 valence electrons. The van der Waals surface area contributed by atoms with Crippen molar-refractivity contribution in [3.63, 3.8) is 0 Å². The van der Waals surface area contributed by atoms with Crippen LogP contribution in [0.3, 0.4) is 0 Å². The van der Waals surface area contributed by atoms with Gasteiger partial charge in [-0.15, -0.1) is 0 Å². The Bertz CT molecular complexity index is 591. The first-order chi connectivity index (χ1) is 10.2. The van der Waals surface area contributed by atoms with E-state index in [1.165, 1.54) is 0 Å². The number of morpholine rings is 1. The summed E-state index contributed by atoms with van der Waals surface area (Å²) < 4.78 is 7.38. The molecule has 21 heavy (non-hydrogen) atoms. The number of aromatic nitrogens is 5. The standard InChI is InChI=1S/C13H19N7O/c1-9-7-19(8-10(2)21-9)12-16-11(14-3)17-13(18-12)20-6-4-5-15-20/h4-6,9-10H,7-8H2,1-3H3,(H,14,16,17,18). The van der Waals surface area contributed by atoms with Gasteiger partial charge in [0.15, 0.2) is 0 Å². The van der Waals surface area contributed by atoms with Crippen molar-refractivity contribution in [2.45, 2.75) is 26.1 Å². The molecule has 0 saturated carbocycles. The van der Waals surface area contributed by atoms with Crippen molar-refractivity contribution in [3.8, 4) is 5.95 Å². The fourth-order valence-electron chi connectivity index (χ4n) is 2.44. The Morgan fingerprint density at radius 1 is 1.14 bits per heavy atom. The first-order valence-corrected chi connectivity index (χ1v) is 7.00. The molecule has 2 aromatic rings. The maximum atomic E-state index is 5.75. The molecule has 2 unspecified atom stereocenters.